The second-order valence-electron chi connectivity index (χ2n) is 6.55. The Balaban J connectivity index is 1.50. The minimum absolute atomic E-state index is 0.0601. The average molecular weight is 384 g/mol. The molecule has 0 saturated heterocycles. The van der Waals surface area contributed by atoms with Gasteiger partial charge in [-0.2, -0.15) is 0 Å². The Bertz CT molecular complexity index is 892. The lowest BCUT2D eigenvalue weighted by Crippen LogP contribution is -2.38. The molecule has 1 unspecified atom stereocenters. The van der Waals surface area contributed by atoms with Crippen LogP contribution in [0.3, 0.4) is 0 Å². The van der Waals surface area contributed by atoms with E-state index in [-0.39, 0.29) is 18.3 Å². The second kappa shape index (κ2) is 8.41. The molecule has 6 heteroatoms. The largest absolute Gasteiger partial charge is 0.384 e. The highest BCUT2D eigenvalue weighted by Crippen LogP contribution is 2.22. The van der Waals surface area contributed by atoms with Crippen LogP contribution in [0, 0.1) is 5.82 Å². The molecule has 0 aliphatic rings. The molecule has 4 nitrogen and oxygen atoms in total. The Morgan fingerprint density at radius 2 is 1.89 bits per heavy atom. The van der Waals surface area contributed by atoms with Crippen LogP contribution in [0.1, 0.15) is 23.9 Å². The number of halogens is 1. The average Bonchev–Trinajstić information content (AvgIpc) is 3.15. The molecule has 3 rings (SSSR count). The van der Waals surface area contributed by atoms with Crippen molar-refractivity contribution in [3.8, 4) is 11.3 Å². The van der Waals surface area contributed by atoms with E-state index in [1.54, 1.807) is 6.92 Å². The summed E-state index contributed by atoms with van der Waals surface area (Å²) in [6.07, 6.45) is 0.837. The number of hydrogen-bond donors (Lipinski definition) is 2. The second-order valence-corrected chi connectivity index (χ2v) is 7.49. The fraction of sp³-hybridized carbons (Fsp3) is 0.238. The highest BCUT2D eigenvalue weighted by molar-refractivity contribution is 7.09. The SMILES string of the molecule is CC(O)(CNC(=O)CCc1nc(-c2ccccc2)cs1)c1ccc(F)cc1. The van der Waals surface area contributed by atoms with Crippen LogP contribution >= 0.6 is 11.3 Å². The first-order valence-electron chi connectivity index (χ1n) is 8.69. The van der Waals surface area contributed by atoms with Crippen LogP contribution in [0.2, 0.25) is 0 Å². The van der Waals surface area contributed by atoms with Crippen molar-refractivity contribution in [2.75, 3.05) is 6.54 Å². The maximum absolute atomic E-state index is 13.0. The zero-order valence-electron chi connectivity index (χ0n) is 15.0. The minimum atomic E-state index is -1.26. The van der Waals surface area contributed by atoms with Crippen molar-refractivity contribution in [3.05, 3.63) is 76.4 Å². The van der Waals surface area contributed by atoms with Crippen molar-refractivity contribution in [1.29, 1.82) is 0 Å². The number of nitrogens with one attached hydrogen (secondary N) is 1. The summed E-state index contributed by atoms with van der Waals surface area (Å²) in [5.41, 5.74) is 1.26. The van der Waals surface area contributed by atoms with Gasteiger partial charge in [-0.3, -0.25) is 4.79 Å². The fourth-order valence-electron chi connectivity index (χ4n) is 2.66. The maximum Gasteiger partial charge on any atom is 0.220 e. The molecule has 2 aromatic carbocycles. The number of thiazole rings is 1. The lowest BCUT2D eigenvalue weighted by molar-refractivity contribution is -0.122. The number of amides is 1. The van der Waals surface area contributed by atoms with Crippen molar-refractivity contribution >= 4 is 17.2 Å². The quantitative estimate of drug-likeness (QED) is 0.649. The van der Waals surface area contributed by atoms with Crippen LogP contribution in [0.5, 0.6) is 0 Å². The lowest BCUT2D eigenvalue weighted by Gasteiger charge is -2.24. The van der Waals surface area contributed by atoms with Crippen molar-refractivity contribution in [3.63, 3.8) is 0 Å². The van der Waals surface area contributed by atoms with Gasteiger partial charge in [-0.15, -0.1) is 11.3 Å². The van der Waals surface area contributed by atoms with E-state index in [4.69, 9.17) is 0 Å². The predicted octanol–water partition coefficient (Wildman–Crippen LogP) is 3.91. The van der Waals surface area contributed by atoms with Crippen molar-refractivity contribution in [2.45, 2.75) is 25.4 Å². The molecular weight excluding hydrogens is 363 g/mol. The van der Waals surface area contributed by atoms with E-state index in [1.165, 1.54) is 35.6 Å². The first-order chi connectivity index (χ1) is 12.9. The summed E-state index contributed by atoms with van der Waals surface area (Å²) in [6.45, 7) is 1.65. The Labute approximate surface area is 161 Å². The van der Waals surface area contributed by atoms with Crippen molar-refractivity contribution < 1.29 is 14.3 Å². The van der Waals surface area contributed by atoms with Gasteiger partial charge < -0.3 is 10.4 Å². The molecule has 1 atom stereocenters. The number of carbonyl (C=O) groups is 1. The number of aromatic nitrogens is 1. The molecule has 1 heterocycles. The Kier molecular flexibility index (Phi) is 5.98. The van der Waals surface area contributed by atoms with Gasteiger partial charge in [0.1, 0.15) is 11.4 Å². The zero-order chi connectivity index (χ0) is 19.3. The van der Waals surface area contributed by atoms with Gasteiger partial charge in [-0.05, 0) is 24.6 Å². The normalized spacial score (nSPS) is 13.1. The van der Waals surface area contributed by atoms with E-state index in [1.807, 2.05) is 35.7 Å². The summed E-state index contributed by atoms with van der Waals surface area (Å²) in [7, 11) is 0. The topological polar surface area (TPSA) is 62.2 Å². The van der Waals surface area contributed by atoms with E-state index in [9.17, 15) is 14.3 Å². The number of rotatable bonds is 7. The smallest absolute Gasteiger partial charge is 0.220 e. The standard InChI is InChI=1S/C21H21FN2O2S/c1-21(26,16-7-9-17(22)10-8-16)14-23-19(25)11-12-20-24-18(13-27-20)15-5-3-2-4-6-15/h2-10,13,26H,11-12,14H2,1H3,(H,23,25). The number of aryl methyl sites for hydroxylation is 1. The summed E-state index contributed by atoms with van der Waals surface area (Å²) in [5.74, 6) is -0.522. The number of carbonyl (C=O) groups excluding carboxylic acids is 1. The molecule has 140 valence electrons. The first kappa shape index (κ1) is 19.2. The monoisotopic (exact) mass is 384 g/mol. The molecule has 0 bridgehead atoms. The summed E-state index contributed by atoms with van der Waals surface area (Å²) < 4.78 is 13.0. The third-order valence-electron chi connectivity index (χ3n) is 4.28. The third-order valence-corrected chi connectivity index (χ3v) is 5.19. The molecule has 27 heavy (non-hydrogen) atoms. The summed E-state index contributed by atoms with van der Waals surface area (Å²) in [4.78, 5) is 16.7. The van der Waals surface area contributed by atoms with Crippen LogP contribution < -0.4 is 5.32 Å². The van der Waals surface area contributed by atoms with Gasteiger partial charge in [0, 0.05) is 23.8 Å². The summed E-state index contributed by atoms with van der Waals surface area (Å²) >= 11 is 1.53. The summed E-state index contributed by atoms with van der Waals surface area (Å²) in [6, 6.07) is 15.5. The molecule has 0 fully saturated rings. The molecule has 2 N–H and O–H groups in total. The number of benzene rings is 2. The Morgan fingerprint density at radius 1 is 1.19 bits per heavy atom. The van der Waals surface area contributed by atoms with E-state index in [0.717, 1.165) is 16.3 Å². The maximum atomic E-state index is 13.0. The van der Waals surface area contributed by atoms with Crippen molar-refractivity contribution in [2.24, 2.45) is 0 Å². The van der Waals surface area contributed by atoms with Gasteiger partial charge >= 0.3 is 0 Å². The van der Waals surface area contributed by atoms with Gasteiger partial charge in [0.25, 0.3) is 0 Å². The van der Waals surface area contributed by atoms with Gasteiger partial charge in [-0.25, -0.2) is 9.37 Å². The molecule has 3 aromatic rings. The van der Waals surface area contributed by atoms with Gasteiger partial charge in [-0.1, -0.05) is 42.5 Å². The molecule has 0 spiro atoms. The zero-order valence-corrected chi connectivity index (χ0v) is 15.8. The highest BCUT2D eigenvalue weighted by Gasteiger charge is 2.23. The van der Waals surface area contributed by atoms with E-state index in [2.05, 4.69) is 10.3 Å². The third kappa shape index (κ3) is 5.21. The Morgan fingerprint density at radius 3 is 2.59 bits per heavy atom. The van der Waals surface area contributed by atoms with Crippen LogP contribution in [-0.4, -0.2) is 22.5 Å². The summed E-state index contributed by atoms with van der Waals surface area (Å²) in [5, 5.41) is 16.1. The van der Waals surface area contributed by atoms with Crippen LogP contribution in [0.4, 0.5) is 4.39 Å². The minimum Gasteiger partial charge on any atom is -0.384 e. The lowest BCUT2D eigenvalue weighted by atomic mass is 9.96. The van der Waals surface area contributed by atoms with Crippen molar-refractivity contribution in [1.82, 2.24) is 10.3 Å². The van der Waals surface area contributed by atoms with E-state index in [0.29, 0.717) is 18.4 Å². The first-order valence-corrected chi connectivity index (χ1v) is 9.57. The Hall–Kier alpha value is -2.57. The number of aliphatic hydroxyl groups is 1. The molecule has 0 aliphatic carbocycles. The molecular formula is C21H21FN2O2S. The molecule has 0 aliphatic heterocycles. The van der Waals surface area contributed by atoms with Gasteiger partial charge in [0.05, 0.1) is 17.2 Å². The number of nitrogens with zero attached hydrogens (tertiary/aromatic N) is 1. The van der Waals surface area contributed by atoms with Gasteiger partial charge in [0.15, 0.2) is 0 Å². The predicted molar refractivity (Wildman–Crippen MR) is 105 cm³/mol. The molecule has 0 saturated carbocycles. The van der Waals surface area contributed by atoms with E-state index < -0.39 is 5.60 Å². The van der Waals surface area contributed by atoms with E-state index >= 15 is 0 Å². The molecule has 0 radical (unpaired) electrons. The molecule has 1 aromatic heterocycles. The molecule has 1 amide bonds. The van der Waals surface area contributed by atoms with Crippen LogP contribution in [0.15, 0.2) is 60.0 Å². The fourth-order valence-corrected chi connectivity index (χ4v) is 3.47. The number of hydrogen-bond acceptors (Lipinski definition) is 4. The van der Waals surface area contributed by atoms with Crippen LogP contribution in [-0.2, 0) is 16.8 Å². The highest BCUT2D eigenvalue weighted by atomic mass is 32.1. The van der Waals surface area contributed by atoms with Gasteiger partial charge in [0.2, 0.25) is 5.91 Å². The van der Waals surface area contributed by atoms with Crippen LogP contribution in [0.25, 0.3) is 11.3 Å².